The quantitative estimate of drug-likeness (QED) is 0.0631. The molecule has 0 N–H and O–H groups in total. The van der Waals surface area contributed by atoms with Crippen LogP contribution in [-0.4, -0.2) is 51.5 Å². The van der Waals surface area contributed by atoms with Gasteiger partial charge in [-0.05, 0) is 84.7 Å². The molecule has 5 aromatic rings. The molecule has 0 unspecified atom stereocenters. The Morgan fingerprint density at radius 3 is 1.28 bits per heavy atom. The molecule has 258 valence electrons. The minimum Gasteiger partial charge on any atom is -0.497 e. The number of esters is 2. The highest BCUT2D eigenvalue weighted by Crippen LogP contribution is 2.43. The molecule has 50 heavy (non-hydrogen) atoms. The molecule has 0 spiro atoms. The molecule has 0 heterocycles. The molecular weight excluding hydrogens is 647 g/mol. The van der Waals surface area contributed by atoms with E-state index in [0.717, 1.165) is 39.3 Å². The summed E-state index contributed by atoms with van der Waals surface area (Å²) in [6.45, 7) is 2.13. The zero-order valence-electron chi connectivity index (χ0n) is 28.8. The molecule has 0 bridgehead atoms. The van der Waals surface area contributed by atoms with Gasteiger partial charge >= 0.3 is 11.9 Å². The molecule has 5 rings (SSSR count). The smallest absolute Gasteiger partial charge is 0.331 e. The first-order valence-electron chi connectivity index (χ1n) is 16.1. The van der Waals surface area contributed by atoms with Crippen molar-refractivity contribution in [2.75, 3.05) is 27.4 Å². The van der Waals surface area contributed by atoms with Crippen molar-refractivity contribution in [1.29, 1.82) is 0 Å². The lowest BCUT2D eigenvalue weighted by Crippen LogP contribution is -2.29. The number of methoxy groups -OCH3 is 2. The van der Waals surface area contributed by atoms with E-state index in [-0.39, 0.29) is 11.9 Å². The Balaban J connectivity index is 0.000000229. The minimum absolute atomic E-state index is 0.271. The Labute approximate surface area is 295 Å². The Bertz CT molecular complexity index is 1720. The number of benzene rings is 5. The third kappa shape index (κ3) is 11.8. The molecule has 0 amide bonds. The molecule has 0 aliphatic carbocycles. The van der Waals surface area contributed by atoms with Gasteiger partial charge in [0, 0.05) is 17.4 Å². The van der Waals surface area contributed by atoms with Crippen molar-refractivity contribution in [2.24, 2.45) is 0 Å². The van der Waals surface area contributed by atoms with Crippen LogP contribution in [-0.2, 0) is 19.1 Å². The summed E-state index contributed by atoms with van der Waals surface area (Å²) in [6.07, 6.45) is 3.92. The molecule has 0 fully saturated rings. The van der Waals surface area contributed by atoms with Crippen LogP contribution in [0.15, 0.2) is 146 Å². The van der Waals surface area contributed by atoms with E-state index in [9.17, 15) is 14.4 Å². The maximum atomic E-state index is 12.5. The molecule has 0 atom stereocenters. The monoisotopic (exact) mass is 690 g/mol. The topological polar surface area (TPSA) is 88.1 Å². The maximum Gasteiger partial charge on any atom is 0.331 e. The lowest BCUT2D eigenvalue weighted by molar-refractivity contribution is -0.137. The normalized spacial score (nSPS) is 10.3. The molecule has 0 aliphatic rings. The second kappa shape index (κ2) is 21.3. The van der Waals surface area contributed by atoms with Crippen LogP contribution in [0, 0.1) is 0 Å². The zero-order chi connectivity index (χ0) is 36.0. The fourth-order valence-corrected chi connectivity index (χ4v) is 8.41. The van der Waals surface area contributed by atoms with E-state index < -0.39 is 6.89 Å². The van der Waals surface area contributed by atoms with Crippen LogP contribution in [0.1, 0.15) is 29.8 Å². The molecule has 0 aromatic heterocycles. The molecule has 0 saturated heterocycles. The van der Waals surface area contributed by atoms with Gasteiger partial charge in [-0.15, -0.1) is 0 Å². The third-order valence-electron chi connectivity index (χ3n) is 7.14. The molecular formula is C42H43O7P. The SMILES string of the molecule is CCOC(=O)/C=C/c1ccc(OC)cc1.CCOC(=O)C=P(c1ccccc1)(c1ccccc1)c1ccccc1.COc1ccc(C=O)cc1. The number of carbonyl (C=O) groups excluding carboxylic acids is 3. The van der Waals surface area contributed by atoms with Crippen molar-refractivity contribution in [1.82, 2.24) is 0 Å². The molecule has 5 aromatic carbocycles. The summed E-state index contributed by atoms with van der Waals surface area (Å²) in [5.41, 5.74) is 1.60. The van der Waals surface area contributed by atoms with Crippen LogP contribution < -0.4 is 25.4 Å². The fraction of sp³-hybridized carbons (Fsp3) is 0.143. The van der Waals surface area contributed by atoms with Crippen LogP contribution in [0.3, 0.4) is 0 Å². The minimum atomic E-state index is -2.24. The van der Waals surface area contributed by atoms with E-state index in [1.54, 1.807) is 57.3 Å². The van der Waals surface area contributed by atoms with E-state index in [1.807, 2.05) is 85.8 Å². The van der Waals surface area contributed by atoms with Gasteiger partial charge in [0.15, 0.2) is 0 Å². The number of aldehydes is 1. The standard InChI is InChI=1S/C22H21O2P.C12H14O3.C8H8O2/c1-2-24-22(23)18-25(19-12-6-3-7-13-19,20-14-8-4-9-15-20)21-16-10-5-11-17-21;1-3-15-12(13)9-6-10-4-7-11(14-2)8-5-10;1-10-8-4-2-7(6-9)3-5-8/h3-18H,2H2,1H3;4-9H,3H2,1-2H3;2-6H,1H3/b;9-6+;. The van der Waals surface area contributed by atoms with Gasteiger partial charge in [-0.3, -0.25) is 4.79 Å². The van der Waals surface area contributed by atoms with Gasteiger partial charge in [0.2, 0.25) is 0 Å². The van der Waals surface area contributed by atoms with Gasteiger partial charge in [0.05, 0.1) is 27.4 Å². The fourth-order valence-electron chi connectivity index (χ4n) is 4.75. The lowest BCUT2D eigenvalue weighted by Gasteiger charge is -2.28. The summed E-state index contributed by atoms with van der Waals surface area (Å²) in [4.78, 5) is 33.7. The third-order valence-corrected chi connectivity index (χ3v) is 11.1. The number of hydrogen-bond acceptors (Lipinski definition) is 7. The van der Waals surface area contributed by atoms with E-state index in [4.69, 9.17) is 18.9 Å². The average Bonchev–Trinajstić information content (AvgIpc) is 3.18. The summed E-state index contributed by atoms with van der Waals surface area (Å²) >= 11 is 0. The van der Waals surface area contributed by atoms with Gasteiger partial charge in [-0.1, -0.05) is 103 Å². The number of hydrogen-bond donors (Lipinski definition) is 0. The summed E-state index contributed by atoms with van der Waals surface area (Å²) in [5.74, 6) is 2.77. The highest BCUT2D eigenvalue weighted by atomic mass is 31.2. The Hall–Kier alpha value is -5.65. The summed E-state index contributed by atoms with van der Waals surface area (Å²) in [7, 11) is 3.21. The summed E-state index contributed by atoms with van der Waals surface area (Å²) < 4.78 is 20.0. The van der Waals surface area contributed by atoms with Crippen molar-refractivity contribution >= 4 is 52.9 Å². The highest BCUT2D eigenvalue weighted by Gasteiger charge is 2.26. The number of rotatable bonds is 11. The first-order chi connectivity index (χ1) is 24.4. The molecule has 8 heteroatoms. The summed E-state index contributed by atoms with van der Waals surface area (Å²) in [6, 6.07) is 45.1. The van der Waals surface area contributed by atoms with Crippen molar-refractivity contribution in [3.05, 3.63) is 157 Å². The first kappa shape index (κ1) is 38.8. The van der Waals surface area contributed by atoms with Gasteiger partial charge in [0.1, 0.15) is 17.8 Å². The molecule has 0 saturated carbocycles. The second-order valence-electron chi connectivity index (χ2n) is 10.4. The van der Waals surface area contributed by atoms with Crippen LogP contribution in [0.2, 0.25) is 0 Å². The Kier molecular flexibility index (Phi) is 16.6. The van der Waals surface area contributed by atoms with Crippen LogP contribution in [0.25, 0.3) is 6.08 Å². The van der Waals surface area contributed by atoms with Gasteiger partial charge in [0.25, 0.3) is 0 Å². The van der Waals surface area contributed by atoms with Crippen molar-refractivity contribution in [3.8, 4) is 11.5 Å². The van der Waals surface area contributed by atoms with E-state index in [0.29, 0.717) is 18.8 Å². The predicted octanol–water partition coefficient (Wildman–Crippen LogP) is 7.13. The van der Waals surface area contributed by atoms with Gasteiger partial charge < -0.3 is 18.9 Å². The number of ether oxygens (including phenoxy) is 4. The molecule has 0 aliphatic heterocycles. The van der Waals surface area contributed by atoms with E-state index >= 15 is 0 Å². The van der Waals surface area contributed by atoms with Crippen molar-refractivity contribution < 1.29 is 33.3 Å². The van der Waals surface area contributed by atoms with E-state index in [2.05, 4.69) is 36.4 Å². The van der Waals surface area contributed by atoms with Crippen LogP contribution in [0.4, 0.5) is 0 Å². The van der Waals surface area contributed by atoms with Crippen LogP contribution >= 0.6 is 6.89 Å². The Morgan fingerprint density at radius 1 is 0.540 bits per heavy atom. The average molecular weight is 691 g/mol. The molecule has 0 radical (unpaired) electrons. The van der Waals surface area contributed by atoms with Crippen molar-refractivity contribution in [3.63, 3.8) is 0 Å². The van der Waals surface area contributed by atoms with Crippen molar-refractivity contribution in [2.45, 2.75) is 13.8 Å². The van der Waals surface area contributed by atoms with Crippen LogP contribution in [0.5, 0.6) is 11.5 Å². The Morgan fingerprint density at radius 2 is 0.920 bits per heavy atom. The lowest BCUT2D eigenvalue weighted by atomic mass is 10.2. The zero-order valence-corrected chi connectivity index (χ0v) is 29.7. The van der Waals surface area contributed by atoms with Gasteiger partial charge in [-0.2, -0.15) is 0 Å². The van der Waals surface area contributed by atoms with Gasteiger partial charge in [-0.25, -0.2) is 9.59 Å². The maximum absolute atomic E-state index is 12.5. The molecule has 7 nitrogen and oxygen atoms in total. The highest BCUT2D eigenvalue weighted by molar-refractivity contribution is 7.95. The predicted molar refractivity (Wildman–Crippen MR) is 205 cm³/mol. The van der Waals surface area contributed by atoms with E-state index in [1.165, 1.54) is 6.08 Å². The largest absolute Gasteiger partial charge is 0.497 e. The first-order valence-corrected chi connectivity index (χ1v) is 17.9. The number of carbonyl (C=O) groups is 3. The summed E-state index contributed by atoms with van der Waals surface area (Å²) in [5, 5.41) is 3.42. The second-order valence-corrected chi connectivity index (χ2v) is 13.6.